The van der Waals surface area contributed by atoms with Gasteiger partial charge in [0.2, 0.25) is 0 Å². The Hall–Kier alpha value is -3.60. The van der Waals surface area contributed by atoms with E-state index in [4.69, 9.17) is 0 Å². The monoisotopic (exact) mass is 357 g/mol. The molecule has 5 nitrogen and oxygen atoms in total. The minimum atomic E-state index is -0.362. The van der Waals surface area contributed by atoms with Crippen LogP contribution in [0.15, 0.2) is 78.5 Å². The number of nitrogens with one attached hydrogen (secondary N) is 1. The number of fused-ring (bicyclic) bond motifs is 1. The van der Waals surface area contributed by atoms with Crippen molar-refractivity contribution in [2.45, 2.75) is 6.92 Å². The molecular formula is C22H19N3O2. The van der Waals surface area contributed by atoms with Gasteiger partial charge in [-0.15, -0.1) is 0 Å². The second kappa shape index (κ2) is 6.96. The van der Waals surface area contributed by atoms with Crippen LogP contribution >= 0.6 is 0 Å². The van der Waals surface area contributed by atoms with E-state index in [9.17, 15) is 9.90 Å². The van der Waals surface area contributed by atoms with Crippen LogP contribution in [-0.2, 0) is 4.79 Å². The first-order valence-corrected chi connectivity index (χ1v) is 8.71. The summed E-state index contributed by atoms with van der Waals surface area (Å²) in [7, 11) is 0. The Morgan fingerprint density at radius 3 is 2.52 bits per heavy atom. The van der Waals surface area contributed by atoms with Gasteiger partial charge in [0, 0.05) is 17.4 Å². The third kappa shape index (κ3) is 3.27. The normalized spacial score (nSPS) is 13.3. The van der Waals surface area contributed by atoms with Crippen molar-refractivity contribution in [2.75, 3.05) is 16.8 Å². The zero-order valence-electron chi connectivity index (χ0n) is 14.9. The van der Waals surface area contributed by atoms with Crippen molar-refractivity contribution in [3.8, 4) is 0 Å². The van der Waals surface area contributed by atoms with Gasteiger partial charge < -0.3 is 15.3 Å². The summed E-state index contributed by atoms with van der Waals surface area (Å²) in [6, 6.07) is 21.0. The number of hydrogen-bond acceptors (Lipinski definition) is 4. The Balaban J connectivity index is 1.72. The third-order valence-corrected chi connectivity index (χ3v) is 4.55. The van der Waals surface area contributed by atoms with E-state index in [0.29, 0.717) is 17.0 Å². The Morgan fingerprint density at radius 1 is 1.04 bits per heavy atom. The van der Waals surface area contributed by atoms with E-state index in [2.05, 4.69) is 10.3 Å². The molecule has 0 saturated carbocycles. The molecular weight excluding hydrogens is 338 g/mol. The maximum absolute atomic E-state index is 12.9. The van der Waals surface area contributed by atoms with Gasteiger partial charge in [0.1, 0.15) is 11.6 Å². The van der Waals surface area contributed by atoms with Crippen molar-refractivity contribution in [1.82, 2.24) is 4.98 Å². The number of aliphatic hydroxyl groups excluding tert-OH is 1. The number of carbonyl (C=O) groups excluding carboxylic acids is 1. The first-order valence-electron chi connectivity index (χ1n) is 8.71. The largest absolute Gasteiger partial charge is 0.507 e. The summed E-state index contributed by atoms with van der Waals surface area (Å²) < 4.78 is 0. The summed E-state index contributed by atoms with van der Waals surface area (Å²) in [6.07, 6.45) is 1.69. The van der Waals surface area contributed by atoms with E-state index in [0.717, 1.165) is 16.9 Å². The number of anilines is 3. The fourth-order valence-corrected chi connectivity index (χ4v) is 3.14. The Morgan fingerprint density at radius 2 is 1.78 bits per heavy atom. The van der Waals surface area contributed by atoms with Gasteiger partial charge in [-0.05, 0) is 42.8 Å². The molecule has 2 N–H and O–H groups in total. The second-order valence-electron chi connectivity index (χ2n) is 6.44. The number of aliphatic hydroxyl groups is 1. The number of rotatable bonds is 3. The summed E-state index contributed by atoms with van der Waals surface area (Å²) in [5.74, 6) is 0.0951. The van der Waals surface area contributed by atoms with Gasteiger partial charge in [0.05, 0.1) is 17.8 Å². The quantitative estimate of drug-likeness (QED) is 0.727. The molecule has 0 bridgehead atoms. The van der Waals surface area contributed by atoms with Gasteiger partial charge in [-0.2, -0.15) is 0 Å². The number of aromatic nitrogens is 1. The maximum Gasteiger partial charge on any atom is 0.258 e. The number of benzene rings is 2. The molecule has 134 valence electrons. The number of pyridine rings is 1. The zero-order valence-corrected chi connectivity index (χ0v) is 14.9. The molecule has 0 aliphatic carbocycles. The summed E-state index contributed by atoms with van der Waals surface area (Å²) >= 11 is 0. The molecule has 2 heterocycles. The maximum atomic E-state index is 12.9. The lowest BCUT2D eigenvalue weighted by atomic mass is 9.99. The molecule has 27 heavy (non-hydrogen) atoms. The predicted octanol–water partition coefficient (Wildman–Crippen LogP) is 4.45. The fraction of sp³-hybridized carbons (Fsp3) is 0.0909. The topological polar surface area (TPSA) is 65.5 Å². The van der Waals surface area contributed by atoms with E-state index in [1.54, 1.807) is 12.3 Å². The van der Waals surface area contributed by atoms with Crippen LogP contribution in [0.5, 0.6) is 0 Å². The molecule has 2 aromatic carbocycles. The lowest BCUT2D eigenvalue weighted by Crippen LogP contribution is -2.31. The van der Waals surface area contributed by atoms with E-state index in [1.807, 2.05) is 72.5 Å². The summed E-state index contributed by atoms with van der Waals surface area (Å²) in [5.41, 5.74) is 3.77. The standard InChI is InChI=1S/C22H19N3O2/c1-15-11-12-20(23-13-15)24-22(27)18-14-25(16-7-3-2-4-8-16)19-10-6-5-9-17(19)21(18)26/h2-13,26H,14H2,1H3,(H,23,24,27). The summed E-state index contributed by atoms with van der Waals surface area (Å²) in [5, 5.41) is 13.5. The van der Waals surface area contributed by atoms with Gasteiger partial charge in [0.25, 0.3) is 5.91 Å². The molecule has 0 atom stereocenters. The number of carbonyl (C=O) groups is 1. The van der Waals surface area contributed by atoms with Gasteiger partial charge >= 0.3 is 0 Å². The van der Waals surface area contributed by atoms with Crippen LogP contribution in [-0.4, -0.2) is 22.5 Å². The molecule has 4 rings (SSSR count). The lowest BCUT2D eigenvalue weighted by molar-refractivity contribution is -0.112. The van der Waals surface area contributed by atoms with Crippen molar-refractivity contribution in [2.24, 2.45) is 0 Å². The first kappa shape index (κ1) is 16.8. The van der Waals surface area contributed by atoms with Crippen molar-refractivity contribution >= 4 is 28.9 Å². The van der Waals surface area contributed by atoms with Gasteiger partial charge in [-0.25, -0.2) is 4.98 Å². The highest BCUT2D eigenvalue weighted by molar-refractivity contribution is 6.10. The molecule has 1 aromatic heterocycles. The highest BCUT2D eigenvalue weighted by atomic mass is 16.3. The van der Waals surface area contributed by atoms with E-state index in [-0.39, 0.29) is 18.2 Å². The highest BCUT2D eigenvalue weighted by Gasteiger charge is 2.29. The van der Waals surface area contributed by atoms with Crippen LogP contribution in [0.4, 0.5) is 17.2 Å². The second-order valence-corrected chi connectivity index (χ2v) is 6.44. The average molecular weight is 357 g/mol. The number of hydrogen-bond donors (Lipinski definition) is 2. The van der Waals surface area contributed by atoms with Crippen LogP contribution in [0.2, 0.25) is 0 Å². The van der Waals surface area contributed by atoms with E-state index in [1.165, 1.54) is 0 Å². The number of aryl methyl sites for hydroxylation is 1. The molecule has 1 aliphatic rings. The minimum absolute atomic E-state index is 0.00222. The molecule has 0 radical (unpaired) electrons. The smallest absolute Gasteiger partial charge is 0.258 e. The zero-order chi connectivity index (χ0) is 18.8. The number of para-hydroxylation sites is 2. The van der Waals surface area contributed by atoms with Crippen LogP contribution < -0.4 is 10.2 Å². The Labute approximate surface area is 157 Å². The lowest BCUT2D eigenvalue weighted by Gasteiger charge is -2.32. The highest BCUT2D eigenvalue weighted by Crippen LogP contribution is 2.38. The van der Waals surface area contributed by atoms with Crippen molar-refractivity contribution in [1.29, 1.82) is 0 Å². The van der Waals surface area contributed by atoms with Crippen molar-refractivity contribution in [3.63, 3.8) is 0 Å². The summed E-state index contributed by atoms with van der Waals surface area (Å²) in [6.45, 7) is 2.20. The molecule has 0 spiro atoms. The van der Waals surface area contributed by atoms with E-state index >= 15 is 0 Å². The van der Waals surface area contributed by atoms with Crippen LogP contribution in [0, 0.1) is 6.92 Å². The molecule has 0 saturated heterocycles. The molecule has 5 heteroatoms. The SMILES string of the molecule is Cc1ccc(NC(=O)C2=C(O)c3ccccc3N(c3ccccc3)C2)nc1. The minimum Gasteiger partial charge on any atom is -0.507 e. The fourth-order valence-electron chi connectivity index (χ4n) is 3.14. The number of nitrogens with zero attached hydrogens (tertiary/aromatic N) is 2. The predicted molar refractivity (Wildman–Crippen MR) is 107 cm³/mol. The van der Waals surface area contributed by atoms with E-state index < -0.39 is 0 Å². The Bertz CT molecular complexity index is 1010. The molecule has 1 amide bonds. The van der Waals surface area contributed by atoms with Crippen LogP contribution in [0.25, 0.3) is 5.76 Å². The summed E-state index contributed by atoms with van der Waals surface area (Å²) in [4.78, 5) is 19.1. The van der Waals surface area contributed by atoms with Crippen LogP contribution in [0.3, 0.4) is 0 Å². The third-order valence-electron chi connectivity index (χ3n) is 4.55. The molecule has 1 aliphatic heterocycles. The first-order chi connectivity index (χ1) is 13.1. The molecule has 3 aromatic rings. The van der Waals surface area contributed by atoms with Gasteiger partial charge in [-0.3, -0.25) is 4.79 Å². The molecule has 0 fully saturated rings. The Kier molecular flexibility index (Phi) is 4.34. The number of amides is 1. The van der Waals surface area contributed by atoms with Crippen molar-refractivity contribution in [3.05, 3.63) is 89.6 Å². The van der Waals surface area contributed by atoms with Crippen LogP contribution in [0.1, 0.15) is 11.1 Å². The average Bonchev–Trinajstić information content (AvgIpc) is 2.71. The molecule has 0 unspecified atom stereocenters. The van der Waals surface area contributed by atoms with Gasteiger partial charge in [-0.1, -0.05) is 36.4 Å². The van der Waals surface area contributed by atoms with Gasteiger partial charge in [0.15, 0.2) is 0 Å². The van der Waals surface area contributed by atoms with Crippen molar-refractivity contribution < 1.29 is 9.90 Å².